The van der Waals surface area contributed by atoms with Crippen molar-refractivity contribution in [2.75, 3.05) is 11.1 Å². The molecule has 0 aliphatic rings. The fraction of sp³-hybridized carbons (Fsp3) is 0.0909. The summed E-state index contributed by atoms with van der Waals surface area (Å²) in [4.78, 5) is 8.33. The Labute approximate surface area is 114 Å². The molecule has 0 fully saturated rings. The molecule has 0 aliphatic carbocycles. The number of halogens is 2. The van der Waals surface area contributed by atoms with Crippen molar-refractivity contribution in [2.24, 2.45) is 0 Å². The summed E-state index contributed by atoms with van der Waals surface area (Å²) in [5.41, 5.74) is 7.40. The van der Waals surface area contributed by atoms with Gasteiger partial charge in [0.1, 0.15) is 5.82 Å². The molecular formula is C11H12BrClN4. The Bertz CT molecular complexity index is 481. The van der Waals surface area contributed by atoms with Crippen LogP contribution in [0, 0.1) is 6.92 Å². The van der Waals surface area contributed by atoms with Crippen LogP contribution in [0.25, 0.3) is 0 Å². The summed E-state index contributed by atoms with van der Waals surface area (Å²) in [6, 6.07) is 9.49. The lowest BCUT2D eigenvalue weighted by Gasteiger charge is -2.06. The second kappa shape index (κ2) is 5.84. The number of nitrogens with two attached hydrogens (primary N) is 1. The summed E-state index contributed by atoms with van der Waals surface area (Å²) in [6.07, 6.45) is 0. The van der Waals surface area contributed by atoms with E-state index < -0.39 is 0 Å². The first-order valence-corrected chi connectivity index (χ1v) is 5.56. The Morgan fingerprint density at radius 3 is 2.41 bits per heavy atom. The molecule has 1 aromatic carbocycles. The van der Waals surface area contributed by atoms with Gasteiger partial charge in [0.25, 0.3) is 0 Å². The number of anilines is 3. The van der Waals surface area contributed by atoms with E-state index in [0.717, 1.165) is 15.9 Å². The third kappa shape index (κ3) is 3.87. The van der Waals surface area contributed by atoms with Crippen molar-refractivity contribution in [2.45, 2.75) is 6.92 Å². The van der Waals surface area contributed by atoms with Crippen LogP contribution >= 0.6 is 28.3 Å². The van der Waals surface area contributed by atoms with Crippen molar-refractivity contribution < 1.29 is 0 Å². The van der Waals surface area contributed by atoms with Gasteiger partial charge in [-0.15, -0.1) is 12.4 Å². The van der Waals surface area contributed by atoms with E-state index in [0.29, 0.717) is 11.8 Å². The van der Waals surface area contributed by atoms with Gasteiger partial charge in [-0.05, 0) is 31.2 Å². The maximum Gasteiger partial charge on any atom is 0.229 e. The van der Waals surface area contributed by atoms with E-state index in [2.05, 4.69) is 31.2 Å². The van der Waals surface area contributed by atoms with Crippen LogP contribution in [0.4, 0.5) is 17.5 Å². The molecule has 0 saturated heterocycles. The molecule has 0 amide bonds. The van der Waals surface area contributed by atoms with Gasteiger partial charge in [-0.1, -0.05) is 15.9 Å². The molecule has 1 heterocycles. The summed E-state index contributed by atoms with van der Waals surface area (Å²) in [5, 5.41) is 3.09. The maximum atomic E-state index is 5.64. The first kappa shape index (κ1) is 13.7. The molecule has 0 saturated carbocycles. The largest absolute Gasteiger partial charge is 0.384 e. The minimum Gasteiger partial charge on any atom is -0.384 e. The van der Waals surface area contributed by atoms with Crippen molar-refractivity contribution in [1.82, 2.24) is 9.97 Å². The van der Waals surface area contributed by atoms with Crippen molar-refractivity contribution in [3.05, 3.63) is 40.5 Å². The second-order valence-corrected chi connectivity index (χ2v) is 4.31. The number of aryl methyl sites for hydroxylation is 1. The lowest BCUT2D eigenvalue weighted by molar-refractivity contribution is 1.11. The molecule has 0 aliphatic heterocycles. The summed E-state index contributed by atoms with van der Waals surface area (Å²) >= 11 is 3.38. The summed E-state index contributed by atoms with van der Waals surface area (Å²) in [7, 11) is 0. The van der Waals surface area contributed by atoms with Crippen LogP contribution < -0.4 is 11.1 Å². The van der Waals surface area contributed by atoms with Crippen molar-refractivity contribution in [1.29, 1.82) is 0 Å². The normalized spacial score (nSPS) is 9.53. The summed E-state index contributed by atoms with van der Waals surface area (Å²) in [6.45, 7) is 1.88. The number of hydrogen-bond donors (Lipinski definition) is 2. The topological polar surface area (TPSA) is 63.8 Å². The third-order valence-corrected chi connectivity index (χ3v) is 2.50. The van der Waals surface area contributed by atoms with Crippen LogP contribution in [0.3, 0.4) is 0 Å². The van der Waals surface area contributed by atoms with Crippen LogP contribution in [0.2, 0.25) is 0 Å². The minimum atomic E-state index is 0. The highest BCUT2D eigenvalue weighted by Crippen LogP contribution is 2.17. The molecule has 0 unspecified atom stereocenters. The van der Waals surface area contributed by atoms with Gasteiger partial charge < -0.3 is 11.1 Å². The molecule has 90 valence electrons. The van der Waals surface area contributed by atoms with E-state index in [9.17, 15) is 0 Å². The molecule has 6 heteroatoms. The first-order valence-electron chi connectivity index (χ1n) is 4.77. The predicted molar refractivity (Wildman–Crippen MR) is 75.9 cm³/mol. The number of benzene rings is 1. The SMILES string of the molecule is Cc1cc(N)nc(Nc2ccc(Br)cc2)n1.Cl. The van der Waals surface area contributed by atoms with Gasteiger partial charge in [-0.25, -0.2) is 4.98 Å². The fourth-order valence-corrected chi connectivity index (χ4v) is 1.58. The minimum absolute atomic E-state index is 0. The van der Waals surface area contributed by atoms with Crippen LogP contribution in [0.1, 0.15) is 5.69 Å². The molecular weight excluding hydrogens is 304 g/mol. The average Bonchev–Trinajstić information content (AvgIpc) is 2.20. The second-order valence-electron chi connectivity index (χ2n) is 3.39. The van der Waals surface area contributed by atoms with Crippen molar-refractivity contribution >= 4 is 45.8 Å². The number of hydrogen-bond acceptors (Lipinski definition) is 4. The molecule has 0 spiro atoms. The zero-order valence-corrected chi connectivity index (χ0v) is 11.5. The Morgan fingerprint density at radius 1 is 1.18 bits per heavy atom. The van der Waals surface area contributed by atoms with E-state index in [1.165, 1.54) is 0 Å². The lowest BCUT2D eigenvalue weighted by Crippen LogP contribution is -2.01. The van der Waals surface area contributed by atoms with E-state index in [1.54, 1.807) is 6.07 Å². The molecule has 2 aromatic rings. The number of nitrogen functional groups attached to an aromatic ring is 1. The van der Waals surface area contributed by atoms with Gasteiger partial charge in [-0.2, -0.15) is 4.98 Å². The van der Waals surface area contributed by atoms with Crippen LogP contribution in [0.15, 0.2) is 34.8 Å². The molecule has 17 heavy (non-hydrogen) atoms. The Hall–Kier alpha value is -1.33. The van der Waals surface area contributed by atoms with Gasteiger partial charge >= 0.3 is 0 Å². The number of nitrogens with one attached hydrogen (secondary N) is 1. The monoisotopic (exact) mass is 314 g/mol. The summed E-state index contributed by atoms with van der Waals surface area (Å²) < 4.78 is 1.03. The smallest absolute Gasteiger partial charge is 0.229 e. The maximum absolute atomic E-state index is 5.64. The average molecular weight is 316 g/mol. The molecule has 1 aromatic heterocycles. The van der Waals surface area contributed by atoms with Crippen molar-refractivity contribution in [3.63, 3.8) is 0 Å². The number of nitrogens with zero attached hydrogens (tertiary/aromatic N) is 2. The first-order chi connectivity index (χ1) is 7.63. The summed E-state index contributed by atoms with van der Waals surface area (Å²) in [5.74, 6) is 0.979. The van der Waals surface area contributed by atoms with E-state index in [-0.39, 0.29) is 12.4 Å². The third-order valence-electron chi connectivity index (χ3n) is 1.97. The molecule has 2 rings (SSSR count). The van der Waals surface area contributed by atoms with E-state index in [4.69, 9.17) is 5.73 Å². The Kier molecular flexibility index (Phi) is 4.72. The highest BCUT2D eigenvalue weighted by molar-refractivity contribution is 9.10. The van der Waals surface area contributed by atoms with Gasteiger partial charge in [0.05, 0.1) is 0 Å². The molecule has 0 atom stereocenters. The number of aromatic nitrogens is 2. The molecule has 3 N–H and O–H groups in total. The van der Waals surface area contributed by atoms with Gasteiger partial charge in [0, 0.05) is 21.9 Å². The molecule has 0 bridgehead atoms. The number of rotatable bonds is 2. The zero-order valence-electron chi connectivity index (χ0n) is 9.14. The van der Waals surface area contributed by atoms with Crippen LogP contribution in [-0.2, 0) is 0 Å². The van der Waals surface area contributed by atoms with Crippen LogP contribution in [-0.4, -0.2) is 9.97 Å². The van der Waals surface area contributed by atoms with Crippen molar-refractivity contribution in [3.8, 4) is 0 Å². The van der Waals surface area contributed by atoms with Gasteiger partial charge in [0.15, 0.2) is 0 Å². The Morgan fingerprint density at radius 2 is 1.82 bits per heavy atom. The standard InChI is InChI=1S/C11H11BrN4.ClH/c1-7-6-10(13)16-11(14-7)15-9-4-2-8(12)3-5-9;/h2-6H,1H3,(H3,13,14,15,16);1H. The Balaban J connectivity index is 0.00000144. The highest BCUT2D eigenvalue weighted by atomic mass is 79.9. The highest BCUT2D eigenvalue weighted by Gasteiger charge is 2.00. The van der Waals surface area contributed by atoms with Crippen LogP contribution in [0.5, 0.6) is 0 Å². The lowest BCUT2D eigenvalue weighted by atomic mass is 10.3. The fourth-order valence-electron chi connectivity index (χ4n) is 1.31. The van der Waals surface area contributed by atoms with E-state index >= 15 is 0 Å². The quantitative estimate of drug-likeness (QED) is 0.892. The molecule has 4 nitrogen and oxygen atoms in total. The zero-order chi connectivity index (χ0) is 11.5. The van der Waals surface area contributed by atoms with E-state index in [1.807, 2.05) is 31.2 Å². The van der Waals surface area contributed by atoms with Gasteiger partial charge in [-0.3, -0.25) is 0 Å². The van der Waals surface area contributed by atoms with Gasteiger partial charge in [0.2, 0.25) is 5.95 Å². The predicted octanol–water partition coefficient (Wildman–Crippen LogP) is 3.30. The molecule has 0 radical (unpaired) electrons.